The number of rotatable bonds is 4. The van der Waals surface area contributed by atoms with Crippen LogP contribution in [0.5, 0.6) is 0 Å². The predicted molar refractivity (Wildman–Crippen MR) is 60.2 cm³/mol. The second kappa shape index (κ2) is 5.53. The quantitative estimate of drug-likeness (QED) is 0.668. The molecule has 1 saturated carbocycles. The molecule has 0 spiro atoms. The second-order valence-electron chi connectivity index (χ2n) is 4.73. The van der Waals surface area contributed by atoms with Crippen LogP contribution in [-0.2, 0) is 4.79 Å². The van der Waals surface area contributed by atoms with Crippen LogP contribution in [0, 0.1) is 17.8 Å². The molecule has 0 radical (unpaired) electrons. The highest BCUT2D eigenvalue weighted by Crippen LogP contribution is 2.37. The summed E-state index contributed by atoms with van der Waals surface area (Å²) in [7, 11) is 0. The van der Waals surface area contributed by atoms with Crippen molar-refractivity contribution in [1.29, 1.82) is 0 Å². The van der Waals surface area contributed by atoms with E-state index in [4.69, 9.17) is 0 Å². The molecular formula is C13H24O. The Balaban J connectivity index is 2.58. The van der Waals surface area contributed by atoms with Crippen molar-refractivity contribution in [3.05, 3.63) is 0 Å². The van der Waals surface area contributed by atoms with Crippen LogP contribution in [0.15, 0.2) is 0 Å². The van der Waals surface area contributed by atoms with Gasteiger partial charge in [0.15, 0.2) is 0 Å². The fourth-order valence-corrected chi connectivity index (χ4v) is 2.96. The Labute approximate surface area is 88.3 Å². The maximum Gasteiger partial charge on any atom is 0.135 e. The average molecular weight is 196 g/mol. The summed E-state index contributed by atoms with van der Waals surface area (Å²) in [5.41, 5.74) is 0. The van der Waals surface area contributed by atoms with Crippen molar-refractivity contribution in [1.82, 2.24) is 0 Å². The van der Waals surface area contributed by atoms with Gasteiger partial charge in [-0.3, -0.25) is 4.79 Å². The maximum absolute atomic E-state index is 11.7. The van der Waals surface area contributed by atoms with E-state index in [0.717, 1.165) is 5.92 Å². The first-order chi connectivity index (χ1) is 6.70. The number of hydrogen-bond donors (Lipinski definition) is 0. The molecule has 0 aliphatic heterocycles. The molecule has 0 bridgehead atoms. The SMILES string of the molecule is CCC(=O)C(C)C1CCCCC1CC. The number of ketones is 1. The van der Waals surface area contributed by atoms with Crippen LogP contribution in [0.4, 0.5) is 0 Å². The number of carbonyl (C=O) groups is 1. The summed E-state index contributed by atoms with van der Waals surface area (Å²) in [5.74, 6) is 2.27. The van der Waals surface area contributed by atoms with Crippen molar-refractivity contribution in [2.24, 2.45) is 17.8 Å². The van der Waals surface area contributed by atoms with Gasteiger partial charge in [-0.15, -0.1) is 0 Å². The molecule has 0 heterocycles. The first-order valence-electron chi connectivity index (χ1n) is 6.23. The fourth-order valence-electron chi connectivity index (χ4n) is 2.96. The van der Waals surface area contributed by atoms with Gasteiger partial charge in [0.25, 0.3) is 0 Å². The minimum absolute atomic E-state index is 0.310. The normalized spacial score (nSPS) is 29.9. The van der Waals surface area contributed by atoms with Crippen LogP contribution in [0.2, 0.25) is 0 Å². The summed E-state index contributed by atoms with van der Waals surface area (Å²) in [4.78, 5) is 11.7. The molecule has 0 amide bonds. The lowest BCUT2D eigenvalue weighted by molar-refractivity contribution is -0.124. The van der Waals surface area contributed by atoms with Gasteiger partial charge in [0.2, 0.25) is 0 Å². The van der Waals surface area contributed by atoms with Crippen LogP contribution in [0.1, 0.15) is 59.3 Å². The zero-order valence-electron chi connectivity index (χ0n) is 9.88. The number of carbonyl (C=O) groups excluding carboxylic acids is 1. The molecular weight excluding hydrogens is 172 g/mol. The van der Waals surface area contributed by atoms with Crippen molar-refractivity contribution in [2.75, 3.05) is 0 Å². The lowest BCUT2D eigenvalue weighted by atomic mass is 9.70. The lowest BCUT2D eigenvalue weighted by Crippen LogP contribution is -2.29. The van der Waals surface area contributed by atoms with E-state index in [0.29, 0.717) is 24.0 Å². The predicted octanol–water partition coefficient (Wildman–Crippen LogP) is 3.82. The molecule has 0 aromatic carbocycles. The Bertz CT molecular complexity index is 186. The van der Waals surface area contributed by atoms with E-state index in [1.165, 1.54) is 32.1 Å². The summed E-state index contributed by atoms with van der Waals surface area (Å²) < 4.78 is 0. The molecule has 0 aromatic rings. The zero-order chi connectivity index (χ0) is 10.6. The van der Waals surface area contributed by atoms with E-state index < -0.39 is 0 Å². The van der Waals surface area contributed by atoms with Crippen molar-refractivity contribution in [2.45, 2.75) is 59.3 Å². The third kappa shape index (κ3) is 2.59. The van der Waals surface area contributed by atoms with Crippen LogP contribution >= 0.6 is 0 Å². The fraction of sp³-hybridized carbons (Fsp3) is 0.923. The highest BCUT2D eigenvalue weighted by Gasteiger charge is 2.30. The first kappa shape index (κ1) is 11.7. The molecule has 0 saturated heterocycles. The molecule has 1 rings (SSSR count). The number of hydrogen-bond acceptors (Lipinski definition) is 1. The number of Topliss-reactive ketones (excluding diaryl/α,β-unsaturated/α-hetero) is 1. The van der Waals surface area contributed by atoms with E-state index in [1.807, 2.05) is 6.92 Å². The van der Waals surface area contributed by atoms with Gasteiger partial charge in [0, 0.05) is 12.3 Å². The van der Waals surface area contributed by atoms with Gasteiger partial charge < -0.3 is 0 Å². The standard InChI is InChI=1S/C13H24O/c1-4-11-8-6-7-9-12(11)10(3)13(14)5-2/h10-12H,4-9H2,1-3H3. The lowest BCUT2D eigenvalue weighted by Gasteiger charge is -2.34. The van der Waals surface area contributed by atoms with Gasteiger partial charge in [-0.25, -0.2) is 0 Å². The third-order valence-electron chi connectivity index (χ3n) is 3.99. The molecule has 1 aliphatic carbocycles. The molecule has 1 nitrogen and oxygen atoms in total. The second-order valence-corrected chi connectivity index (χ2v) is 4.73. The molecule has 14 heavy (non-hydrogen) atoms. The Hall–Kier alpha value is -0.330. The first-order valence-corrected chi connectivity index (χ1v) is 6.23. The van der Waals surface area contributed by atoms with E-state index in [-0.39, 0.29) is 0 Å². The minimum Gasteiger partial charge on any atom is -0.299 e. The van der Waals surface area contributed by atoms with Gasteiger partial charge in [0.05, 0.1) is 0 Å². The summed E-state index contributed by atoms with van der Waals surface area (Å²) in [6, 6.07) is 0. The molecule has 3 unspecified atom stereocenters. The van der Waals surface area contributed by atoms with E-state index in [2.05, 4.69) is 13.8 Å². The Kier molecular flexibility index (Phi) is 4.64. The molecule has 1 fully saturated rings. The monoisotopic (exact) mass is 196 g/mol. The molecule has 82 valence electrons. The summed E-state index contributed by atoms with van der Waals surface area (Å²) in [6.45, 7) is 6.40. The van der Waals surface area contributed by atoms with Gasteiger partial charge in [-0.05, 0) is 18.3 Å². The van der Waals surface area contributed by atoms with Gasteiger partial charge >= 0.3 is 0 Å². The van der Waals surface area contributed by atoms with Gasteiger partial charge in [-0.1, -0.05) is 46.5 Å². The van der Waals surface area contributed by atoms with Gasteiger partial charge in [-0.2, -0.15) is 0 Å². The van der Waals surface area contributed by atoms with Crippen molar-refractivity contribution in [3.63, 3.8) is 0 Å². The minimum atomic E-state index is 0.310. The van der Waals surface area contributed by atoms with E-state index in [1.54, 1.807) is 0 Å². The molecule has 0 N–H and O–H groups in total. The Morgan fingerprint density at radius 1 is 1.29 bits per heavy atom. The van der Waals surface area contributed by atoms with Crippen LogP contribution in [-0.4, -0.2) is 5.78 Å². The topological polar surface area (TPSA) is 17.1 Å². The molecule has 1 aliphatic rings. The summed E-state index contributed by atoms with van der Waals surface area (Å²) in [5, 5.41) is 0. The third-order valence-corrected chi connectivity index (χ3v) is 3.99. The molecule has 0 aromatic heterocycles. The Morgan fingerprint density at radius 2 is 1.93 bits per heavy atom. The smallest absolute Gasteiger partial charge is 0.135 e. The Morgan fingerprint density at radius 3 is 2.50 bits per heavy atom. The average Bonchev–Trinajstić information content (AvgIpc) is 2.26. The largest absolute Gasteiger partial charge is 0.299 e. The summed E-state index contributed by atoms with van der Waals surface area (Å²) >= 11 is 0. The zero-order valence-corrected chi connectivity index (χ0v) is 9.88. The van der Waals surface area contributed by atoms with Crippen molar-refractivity contribution >= 4 is 5.78 Å². The van der Waals surface area contributed by atoms with Crippen molar-refractivity contribution < 1.29 is 4.79 Å². The van der Waals surface area contributed by atoms with Crippen LogP contribution in [0.3, 0.4) is 0 Å². The molecule has 3 atom stereocenters. The highest BCUT2D eigenvalue weighted by molar-refractivity contribution is 5.80. The van der Waals surface area contributed by atoms with Crippen LogP contribution in [0.25, 0.3) is 0 Å². The van der Waals surface area contributed by atoms with Crippen molar-refractivity contribution in [3.8, 4) is 0 Å². The maximum atomic E-state index is 11.7. The van der Waals surface area contributed by atoms with Crippen LogP contribution < -0.4 is 0 Å². The van der Waals surface area contributed by atoms with E-state index in [9.17, 15) is 4.79 Å². The molecule has 1 heteroatoms. The van der Waals surface area contributed by atoms with E-state index >= 15 is 0 Å². The van der Waals surface area contributed by atoms with Gasteiger partial charge in [0.1, 0.15) is 5.78 Å². The summed E-state index contributed by atoms with van der Waals surface area (Å²) in [6.07, 6.45) is 7.32. The highest BCUT2D eigenvalue weighted by atomic mass is 16.1.